The number of hydrogen-bond acceptors (Lipinski definition) is 7. The highest BCUT2D eigenvalue weighted by molar-refractivity contribution is 5.86. The average Bonchev–Trinajstić information content (AvgIpc) is 3.47. The maximum atomic E-state index is 13.7. The van der Waals surface area contributed by atoms with E-state index in [9.17, 15) is 9.59 Å². The summed E-state index contributed by atoms with van der Waals surface area (Å²) in [6.45, 7) is 1.43. The van der Waals surface area contributed by atoms with Crippen LogP contribution in [0.5, 0.6) is 11.5 Å². The number of aromatic amines is 1. The Balaban J connectivity index is 1.59. The second-order valence-electron chi connectivity index (χ2n) is 8.87. The zero-order chi connectivity index (χ0) is 25.9. The van der Waals surface area contributed by atoms with E-state index in [1.54, 1.807) is 30.9 Å². The number of nitrogens with one attached hydrogen (secondary N) is 1. The van der Waals surface area contributed by atoms with Crippen molar-refractivity contribution < 1.29 is 14.2 Å². The van der Waals surface area contributed by atoms with Crippen molar-refractivity contribution in [3.05, 3.63) is 86.6 Å². The molecule has 0 saturated heterocycles. The van der Waals surface area contributed by atoms with Gasteiger partial charge in [0.15, 0.2) is 0 Å². The summed E-state index contributed by atoms with van der Waals surface area (Å²) < 4.78 is 19.8. The van der Waals surface area contributed by atoms with E-state index in [0.29, 0.717) is 28.0 Å². The highest BCUT2D eigenvalue weighted by Crippen LogP contribution is 2.23. The lowest BCUT2D eigenvalue weighted by Crippen LogP contribution is -2.28. The minimum absolute atomic E-state index is 0.0614. The molecule has 192 valence electrons. The van der Waals surface area contributed by atoms with Gasteiger partial charge in [-0.3, -0.25) is 19.7 Å². The third-order valence-electron chi connectivity index (χ3n) is 6.41. The molecule has 1 N–H and O–H groups in total. The summed E-state index contributed by atoms with van der Waals surface area (Å²) in [5, 5.41) is 9.85. The number of rotatable bonds is 9. The quantitative estimate of drug-likeness (QED) is 0.377. The monoisotopic (exact) mass is 503 g/mol. The van der Waals surface area contributed by atoms with Crippen LogP contribution in [-0.4, -0.2) is 52.9 Å². The third kappa shape index (κ3) is 4.88. The van der Waals surface area contributed by atoms with Crippen molar-refractivity contribution in [2.24, 2.45) is 5.10 Å². The van der Waals surface area contributed by atoms with Crippen LogP contribution in [0.4, 0.5) is 0 Å². The minimum atomic E-state index is -0.293. The molecule has 10 nitrogen and oxygen atoms in total. The van der Waals surface area contributed by atoms with Gasteiger partial charge in [0.1, 0.15) is 17.2 Å². The first kappa shape index (κ1) is 24.4. The fourth-order valence-corrected chi connectivity index (χ4v) is 4.57. The second kappa shape index (κ2) is 10.4. The molecule has 0 amide bonds. The Morgan fingerprint density at radius 3 is 2.59 bits per heavy atom. The van der Waals surface area contributed by atoms with E-state index in [2.05, 4.69) is 10.2 Å². The van der Waals surface area contributed by atoms with E-state index in [1.165, 1.54) is 10.7 Å². The number of hydrogen-bond donors (Lipinski definition) is 1. The second-order valence-corrected chi connectivity index (χ2v) is 8.87. The molecule has 4 aromatic rings. The minimum Gasteiger partial charge on any atom is -0.497 e. The fraction of sp³-hybridized carbons (Fsp3) is 0.296. The highest BCUT2D eigenvalue weighted by Gasteiger charge is 2.21. The molecule has 10 heteroatoms. The summed E-state index contributed by atoms with van der Waals surface area (Å²) in [4.78, 5) is 27.0. The lowest BCUT2D eigenvalue weighted by Gasteiger charge is -2.14. The van der Waals surface area contributed by atoms with E-state index in [0.717, 1.165) is 30.0 Å². The van der Waals surface area contributed by atoms with Crippen LogP contribution in [0.2, 0.25) is 0 Å². The van der Waals surface area contributed by atoms with Crippen molar-refractivity contribution in [2.75, 3.05) is 27.8 Å². The predicted molar refractivity (Wildman–Crippen MR) is 141 cm³/mol. The number of fused-ring (bicyclic) bond motifs is 1. The number of ether oxygens (including phenoxy) is 3. The van der Waals surface area contributed by atoms with E-state index >= 15 is 0 Å². The molecule has 37 heavy (non-hydrogen) atoms. The summed E-state index contributed by atoms with van der Waals surface area (Å²) in [7, 11) is 5.06. The lowest BCUT2D eigenvalue weighted by atomic mass is 10.2. The molecule has 3 heterocycles. The van der Waals surface area contributed by atoms with Gasteiger partial charge in [-0.05, 0) is 29.8 Å². The molecule has 0 aliphatic carbocycles. The summed E-state index contributed by atoms with van der Waals surface area (Å²) in [6, 6.07) is 16.2. The number of aromatic nitrogens is 3. The Morgan fingerprint density at radius 1 is 1.00 bits per heavy atom. The number of nitrogens with zero attached hydrogens (tertiary/aromatic N) is 4. The van der Waals surface area contributed by atoms with Crippen LogP contribution >= 0.6 is 0 Å². The molecule has 1 aliphatic heterocycles. The van der Waals surface area contributed by atoms with E-state index in [1.807, 2.05) is 48.5 Å². The Morgan fingerprint density at radius 2 is 1.84 bits per heavy atom. The topological polar surface area (TPSA) is 103 Å². The van der Waals surface area contributed by atoms with Crippen molar-refractivity contribution in [1.82, 2.24) is 19.4 Å². The molecule has 0 radical (unpaired) electrons. The van der Waals surface area contributed by atoms with Crippen LogP contribution in [0.3, 0.4) is 0 Å². The first-order valence-electron chi connectivity index (χ1n) is 12.0. The maximum Gasteiger partial charge on any atom is 0.281 e. The number of hydrazone groups is 1. The summed E-state index contributed by atoms with van der Waals surface area (Å²) in [5.74, 6) is 1.26. The molecule has 0 saturated carbocycles. The van der Waals surface area contributed by atoms with Crippen molar-refractivity contribution in [1.29, 1.82) is 0 Å². The lowest BCUT2D eigenvalue weighted by molar-refractivity contribution is 0.103. The van der Waals surface area contributed by atoms with Crippen LogP contribution < -0.4 is 20.6 Å². The van der Waals surface area contributed by atoms with Crippen LogP contribution in [-0.2, 0) is 24.5 Å². The van der Waals surface area contributed by atoms with Gasteiger partial charge in [0.25, 0.3) is 11.1 Å². The van der Waals surface area contributed by atoms with Gasteiger partial charge < -0.3 is 18.8 Å². The zero-order valence-electron chi connectivity index (χ0n) is 21.1. The Hall–Kier alpha value is -4.31. The number of para-hydroxylation sites is 2. The van der Waals surface area contributed by atoms with Crippen molar-refractivity contribution in [3.63, 3.8) is 0 Å². The number of pyridine rings is 1. The van der Waals surface area contributed by atoms with Gasteiger partial charge in [-0.15, -0.1) is 0 Å². The van der Waals surface area contributed by atoms with Crippen LogP contribution in [0.1, 0.15) is 17.7 Å². The first-order chi connectivity index (χ1) is 18.0. The first-order valence-corrected chi connectivity index (χ1v) is 12.0. The standard InChI is InChI=1S/C27H29N5O5/c1-30-12-11-19(28-30)15-31-23(17-37-16-18-7-6-8-20(13-18)35-2)26-21(14-25(31)33)29-32(27(26)34)22-9-4-5-10-24(22)36-3/h4-10,13-14,29H,11-12,15-17H2,1-3H3. The number of benzene rings is 2. The number of H-pyrrole nitrogens is 1. The smallest absolute Gasteiger partial charge is 0.281 e. The summed E-state index contributed by atoms with van der Waals surface area (Å²) >= 11 is 0. The van der Waals surface area contributed by atoms with E-state index in [-0.39, 0.29) is 30.9 Å². The molecule has 2 aromatic carbocycles. The van der Waals surface area contributed by atoms with Gasteiger partial charge in [-0.1, -0.05) is 24.3 Å². The largest absolute Gasteiger partial charge is 0.497 e. The summed E-state index contributed by atoms with van der Waals surface area (Å²) in [5.41, 5.74) is 2.74. The van der Waals surface area contributed by atoms with Gasteiger partial charge in [0.05, 0.1) is 56.3 Å². The number of methoxy groups -OCH3 is 2. The van der Waals surface area contributed by atoms with Gasteiger partial charge in [0, 0.05) is 26.1 Å². The molecule has 0 spiro atoms. The van der Waals surface area contributed by atoms with Gasteiger partial charge in [-0.2, -0.15) is 5.10 Å². The maximum absolute atomic E-state index is 13.7. The molecule has 5 rings (SSSR count). The molecular formula is C27H29N5O5. The van der Waals surface area contributed by atoms with Crippen molar-refractivity contribution in [3.8, 4) is 17.2 Å². The van der Waals surface area contributed by atoms with Gasteiger partial charge in [0.2, 0.25) is 0 Å². The Bertz CT molecular complexity index is 1580. The molecule has 0 unspecified atom stereocenters. The SMILES string of the molecule is COc1cccc(COCc2c3c(=O)n(-c4ccccc4OC)[nH]c3cc(=O)n2CC2=NN(C)CC2)c1. The molecule has 1 aliphatic rings. The highest BCUT2D eigenvalue weighted by atomic mass is 16.5. The molecule has 0 bridgehead atoms. The van der Waals surface area contributed by atoms with Crippen LogP contribution in [0, 0.1) is 0 Å². The Labute approximate surface area is 213 Å². The van der Waals surface area contributed by atoms with Crippen molar-refractivity contribution in [2.45, 2.75) is 26.2 Å². The third-order valence-corrected chi connectivity index (χ3v) is 6.41. The van der Waals surface area contributed by atoms with Gasteiger partial charge >= 0.3 is 0 Å². The fourth-order valence-electron chi connectivity index (χ4n) is 4.57. The van der Waals surface area contributed by atoms with E-state index < -0.39 is 0 Å². The van der Waals surface area contributed by atoms with Crippen LogP contribution in [0.25, 0.3) is 16.6 Å². The molecular weight excluding hydrogens is 474 g/mol. The molecule has 0 atom stereocenters. The van der Waals surface area contributed by atoms with Crippen molar-refractivity contribution >= 4 is 16.6 Å². The molecule has 0 fully saturated rings. The van der Waals surface area contributed by atoms with E-state index in [4.69, 9.17) is 14.2 Å². The predicted octanol–water partition coefficient (Wildman–Crippen LogP) is 2.91. The Kier molecular flexibility index (Phi) is 6.82. The van der Waals surface area contributed by atoms with Gasteiger partial charge in [-0.25, -0.2) is 4.68 Å². The normalized spacial score (nSPS) is 13.3. The van der Waals surface area contributed by atoms with Crippen LogP contribution in [0.15, 0.2) is 69.3 Å². The summed E-state index contributed by atoms with van der Waals surface area (Å²) in [6.07, 6.45) is 0.754. The zero-order valence-corrected chi connectivity index (χ0v) is 21.1. The molecule has 2 aromatic heterocycles. The average molecular weight is 504 g/mol.